The number of rotatable bonds is 5. The van der Waals surface area contributed by atoms with Gasteiger partial charge in [-0.25, -0.2) is 9.69 Å². The number of hydrogen-bond donors (Lipinski definition) is 2. The first-order valence-electron chi connectivity index (χ1n) is 9.52. The van der Waals surface area contributed by atoms with Gasteiger partial charge in [0.2, 0.25) is 11.8 Å². The van der Waals surface area contributed by atoms with E-state index in [1.807, 2.05) is 42.5 Å². The standard InChI is InChI=1S/C23H18IN3O3S/c24-15-6-10-18(11-7-15)27-21(28)14-20(22(27)29)31-19-12-8-17(9-13-19)26-23(30)25-16-4-2-1-3-5-16/h1-13,20H,14H2,(H2,25,26,30)/t20-/m0/s1. The number of carbonyl (C=O) groups is 3. The van der Waals surface area contributed by atoms with Gasteiger partial charge in [-0.15, -0.1) is 11.8 Å². The molecule has 1 saturated heterocycles. The van der Waals surface area contributed by atoms with Crippen LogP contribution in [0.4, 0.5) is 21.9 Å². The molecule has 0 aromatic heterocycles. The fourth-order valence-corrected chi connectivity index (χ4v) is 4.57. The van der Waals surface area contributed by atoms with Crippen LogP contribution in [-0.2, 0) is 9.59 Å². The summed E-state index contributed by atoms with van der Waals surface area (Å²) in [5, 5.41) is 5.06. The molecule has 0 radical (unpaired) electrons. The van der Waals surface area contributed by atoms with E-state index < -0.39 is 5.25 Å². The lowest BCUT2D eigenvalue weighted by Gasteiger charge is -2.15. The number of benzene rings is 3. The van der Waals surface area contributed by atoms with Crippen LogP contribution in [0.25, 0.3) is 0 Å². The minimum absolute atomic E-state index is 0.162. The molecule has 1 atom stereocenters. The van der Waals surface area contributed by atoms with Crippen molar-refractivity contribution in [1.29, 1.82) is 0 Å². The fraction of sp³-hybridized carbons (Fsp3) is 0.0870. The van der Waals surface area contributed by atoms with Crippen LogP contribution in [0.5, 0.6) is 0 Å². The van der Waals surface area contributed by atoms with Crippen LogP contribution >= 0.6 is 34.4 Å². The molecule has 0 saturated carbocycles. The van der Waals surface area contributed by atoms with Gasteiger partial charge in [-0.05, 0) is 83.3 Å². The summed E-state index contributed by atoms with van der Waals surface area (Å²) in [5.41, 5.74) is 1.93. The largest absolute Gasteiger partial charge is 0.323 e. The topological polar surface area (TPSA) is 78.5 Å². The van der Waals surface area contributed by atoms with Crippen molar-refractivity contribution in [2.45, 2.75) is 16.6 Å². The molecule has 1 aliphatic rings. The average molecular weight is 543 g/mol. The van der Waals surface area contributed by atoms with Gasteiger partial charge in [0.25, 0.3) is 0 Å². The smallest absolute Gasteiger partial charge is 0.308 e. The van der Waals surface area contributed by atoms with Gasteiger partial charge in [0.1, 0.15) is 0 Å². The summed E-state index contributed by atoms with van der Waals surface area (Å²) in [6, 6.07) is 23.3. The molecule has 0 aliphatic carbocycles. The van der Waals surface area contributed by atoms with Gasteiger partial charge in [-0.3, -0.25) is 9.59 Å². The summed E-state index contributed by atoms with van der Waals surface area (Å²) < 4.78 is 1.04. The second-order valence-electron chi connectivity index (χ2n) is 6.82. The predicted molar refractivity (Wildman–Crippen MR) is 131 cm³/mol. The molecule has 2 N–H and O–H groups in total. The monoisotopic (exact) mass is 543 g/mol. The maximum atomic E-state index is 12.8. The van der Waals surface area contributed by atoms with Crippen molar-refractivity contribution in [2.24, 2.45) is 0 Å². The number of nitrogens with zero attached hydrogens (tertiary/aromatic N) is 1. The number of para-hydroxylation sites is 1. The highest BCUT2D eigenvalue weighted by Gasteiger charge is 2.40. The molecule has 4 rings (SSSR count). The van der Waals surface area contributed by atoms with E-state index >= 15 is 0 Å². The lowest BCUT2D eigenvalue weighted by molar-refractivity contribution is -0.121. The Labute approximate surface area is 197 Å². The second-order valence-corrected chi connectivity index (χ2v) is 9.35. The first kappa shape index (κ1) is 21.4. The number of thioether (sulfide) groups is 1. The molecular formula is C23H18IN3O3S. The highest BCUT2D eigenvalue weighted by Crippen LogP contribution is 2.34. The molecular weight excluding hydrogens is 525 g/mol. The lowest BCUT2D eigenvalue weighted by Crippen LogP contribution is -2.31. The number of amides is 4. The van der Waals surface area contributed by atoms with E-state index in [-0.39, 0.29) is 24.3 Å². The Kier molecular flexibility index (Phi) is 6.57. The average Bonchev–Trinajstić information content (AvgIpc) is 3.04. The number of nitrogens with one attached hydrogen (secondary N) is 2. The van der Waals surface area contributed by atoms with Gasteiger partial charge in [-0.2, -0.15) is 0 Å². The van der Waals surface area contributed by atoms with Gasteiger partial charge >= 0.3 is 6.03 Å². The third-order valence-electron chi connectivity index (χ3n) is 4.61. The van der Waals surface area contributed by atoms with E-state index in [1.165, 1.54) is 16.7 Å². The van der Waals surface area contributed by atoms with Crippen molar-refractivity contribution in [3.8, 4) is 0 Å². The van der Waals surface area contributed by atoms with Crippen LogP contribution in [0.1, 0.15) is 6.42 Å². The SMILES string of the molecule is O=C(Nc1ccccc1)Nc1ccc(S[C@H]2CC(=O)N(c3ccc(I)cc3)C2=O)cc1. The zero-order chi connectivity index (χ0) is 21.8. The zero-order valence-electron chi connectivity index (χ0n) is 16.2. The Morgan fingerprint density at radius 1 is 0.871 bits per heavy atom. The van der Waals surface area contributed by atoms with Crippen LogP contribution in [0, 0.1) is 3.57 Å². The van der Waals surface area contributed by atoms with Crippen LogP contribution < -0.4 is 15.5 Å². The molecule has 1 aliphatic heterocycles. The minimum Gasteiger partial charge on any atom is -0.308 e. The van der Waals surface area contributed by atoms with Crippen LogP contribution in [0.2, 0.25) is 0 Å². The summed E-state index contributed by atoms with van der Waals surface area (Å²) in [5.74, 6) is -0.403. The molecule has 8 heteroatoms. The predicted octanol–water partition coefficient (Wildman–Crippen LogP) is 5.36. The van der Waals surface area contributed by atoms with Crippen molar-refractivity contribution >= 4 is 69.3 Å². The number of imide groups is 1. The minimum atomic E-state index is -0.466. The quantitative estimate of drug-likeness (QED) is 0.336. The number of carbonyl (C=O) groups excluding carboxylic acids is 3. The molecule has 0 spiro atoms. The van der Waals surface area contributed by atoms with Gasteiger partial charge in [-0.1, -0.05) is 18.2 Å². The van der Waals surface area contributed by atoms with E-state index in [9.17, 15) is 14.4 Å². The first-order valence-corrected chi connectivity index (χ1v) is 11.5. The van der Waals surface area contributed by atoms with Crippen LogP contribution in [-0.4, -0.2) is 23.1 Å². The van der Waals surface area contributed by atoms with E-state index in [1.54, 1.807) is 36.4 Å². The normalized spacial score (nSPS) is 15.8. The number of hydrogen-bond acceptors (Lipinski definition) is 4. The molecule has 0 bridgehead atoms. The molecule has 3 aromatic carbocycles. The lowest BCUT2D eigenvalue weighted by atomic mass is 10.3. The fourth-order valence-electron chi connectivity index (χ4n) is 3.15. The van der Waals surface area contributed by atoms with Gasteiger partial charge in [0.15, 0.2) is 0 Å². The van der Waals surface area contributed by atoms with Crippen molar-refractivity contribution in [2.75, 3.05) is 15.5 Å². The maximum Gasteiger partial charge on any atom is 0.323 e. The van der Waals surface area contributed by atoms with Crippen LogP contribution in [0.3, 0.4) is 0 Å². The highest BCUT2D eigenvalue weighted by atomic mass is 127. The Hall–Kier alpha value is -2.85. The summed E-state index contributed by atoms with van der Waals surface area (Å²) in [4.78, 5) is 39.5. The molecule has 3 aromatic rings. The first-order chi connectivity index (χ1) is 15.0. The Balaban J connectivity index is 1.36. The van der Waals surface area contributed by atoms with Gasteiger partial charge < -0.3 is 10.6 Å². The third kappa shape index (κ3) is 5.26. The Morgan fingerprint density at radius 2 is 1.48 bits per heavy atom. The van der Waals surface area contributed by atoms with E-state index in [0.717, 1.165) is 8.47 Å². The van der Waals surface area contributed by atoms with E-state index in [4.69, 9.17) is 0 Å². The van der Waals surface area contributed by atoms with E-state index in [0.29, 0.717) is 17.1 Å². The van der Waals surface area contributed by atoms with Crippen LogP contribution in [0.15, 0.2) is 83.8 Å². The number of urea groups is 1. The van der Waals surface area contributed by atoms with Crippen molar-refractivity contribution < 1.29 is 14.4 Å². The maximum absolute atomic E-state index is 12.8. The zero-order valence-corrected chi connectivity index (χ0v) is 19.2. The molecule has 156 valence electrons. The molecule has 1 heterocycles. The highest BCUT2D eigenvalue weighted by molar-refractivity contribution is 14.1. The molecule has 31 heavy (non-hydrogen) atoms. The summed E-state index contributed by atoms with van der Waals surface area (Å²) in [7, 11) is 0. The molecule has 0 unspecified atom stereocenters. The third-order valence-corrected chi connectivity index (χ3v) is 6.53. The summed E-state index contributed by atoms with van der Waals surface area (Å²) in [6.45, 7) is 0. The molecule has 4 amide bonds. The van der Waals surface area contributed by atoms with Crippen molar-refractivity contribution in [1.82, 2.24) is 0 Å². The summed E-state index contributed by atoms with van der Waals surface area (Å²) >= 11 is 3.53. The van der Waals surface area contributed by atoms with Crippen molar-refractivity contribution in [3.63, 3.8) is 0 Å². The van der Waals surface area contributed by atoms with Gasteiger partial charge in [0.05, 0.1) is 10.9 Å². The Morgan fingerprint density at radius 3 is 2.13 bits per heavy atom. The number of anilines is 3. The number of halogens is 1. The van der Waals surface area contributed by atoms with Gasteiger partial charge in [0, 0.05) is 26.3 Å². The summed E-state index contributed by atoms with van der Waals surface area (Å²) in [6.07, 6.45) is 0.162. The Bertz CT molecular complexity index is 1110. The molecule has 1 fully saturated rings. The second kappa shape index (κ2) is 9.52. The molecule has 6 nitrogen and oxygen atoms in total. The van der Waals surface area contributed by atoms with Crippen molar-refractivity contribution in [3.05, 3.63) is 82.4 Å². The van der Waals surface area contributed by atoms with E-state index in [2.05, 4.69) is 33.2 Å².